The fourth-order valence-corrected chi connectivity index (χ4v) is 1.94. The number of carbonyl (C=O) groups is 1. The third-order valence-electron chi connectivity index (χ3n) is 2.60. The van der Waals surface area contributed by atoms with Gasteiger partial charge in [0.05, 0.1) is 10.7 Å². The molecule has 0 aliphatic rings. The van der Waals surface area contributed by atoms with Gasteiger partial charge < -0.3 is 10.4 Å². The van der Waals surface area contributed by atoms with E-state index in [2.05, 4.69) is 10.3 Å². The Morgan fingerprint density at radius 1 is 1.24 bits per heavy atom. The van der Waals surface area contributed by atoms with Gasteiger partial charge in [-0.2, -0.15) is 0 Å². The number of benzene rings is 2. The lowest BCUT2D eigenvalue weighted by molar-refractivity contribution is -0.114. The first-order valence-corrected chi connectivity index (χ1v) is 6.84. The van der Waals surface area contributed by atoms with Crippen molar-refractivity contribution in [1.82, 2.24) is 0 Å². The maximum absolute atomic E-state index is 11.8. The van der Waals surface area contributed by atoms with Gasteiger partial charge >= 0.3 is 0 Å². The lowest BCUT2D eigenvalue weighted by atomic mass is 10.2. The fraction of sp³-hybridized carbons (Fsp3) is 0.0667. The zero-order valence-electron chi connectivity index (χ0n) is 10.9. The Hall–Kier alpha value is -2.04. The molecule has 2 N–H and O–H groups in total. The maximum atomic E-state index is 11.8. The van der Waals surface area contributed by atoms with Crippen molar-refractivity contribution in [2.45, 2.75) is 0 Å². The summed E-state index contributed by atoms with van der Waals surface area (Å²) in [7, 11) is 0. The van der Waals surface area contributed by atoms with Gasteiger partial charge in [-0.05, 0) is 30.3 Å². The molecular weight excluding hydrogens is 311 g/mol. The molecule has 0 saturated carbocycles. The smallest absolute Gasteiger partial charge is 0.246 e. The van der Waals surface area contributed by atoms with E-state index in [9.17, 15) is 9.90 Å². The molecule has 0 spiro atoms. The second kappa shape index (κ2) is 7.11. The van der Waals surface area contributed by atoms with E-state index >= 15 is 0 Å². The molecule has 1 amide bonds. The second-order valence-corrected chi connectivity index (χ2v) is 5.04. The normalized spacial score (nSPS) is 10.8. The van der Waals surface area contributed by atoms with Crippen LogP contribution in [0.15, 0.2) is 47.5 Å². The van der Waals surface area contributed by atoms with Gasteiger partial charge in [0.1, 0.15) is 12.3 Å². The number of nitrogens with zero attached hydrogens (tertiary/aromatic N) is 1. The summed E-state index contributed by atoms with van der Waals surface area (Å²) in [4.78, 5) is 15.7. The van der Waals surface area contributed by atoms with E-state index in [4.69, 9.17) is 23.2 Å². The molecule has 2 rings (SSSR count). The van der Waals surface area contributed by atoms with Crippen LogP contribution in [-0.2, 0) is 4.79 Å². The van der Waals surface area contributed by atoms with Crippen molar-refractivity contribution in [2.24, 2.45) is 4.99 Å². The average molecular weight is 323 g/mol. The summed E-state index contributed by atoms with van der Waals surface area (Å²) in [6.07, 6.45) is 1.44. The number of phenols is 1. The Morgan fingerprint density at radius 2 is 2.00 bits per heavy atom. The van der Waals surface area contributed by atoms with Crippen molar-refractivity contribution >= 4 is 41.0 Å². The number of rotatable bonds is 4. The minimum atomic E-state index is -0.328. The number of nitrogens with one attached hydrogen (secondary N) is 1. The van der Waals surface area contributed by atoms with E-state index in [-0.39, 0.29) is 18.2 Å². The van der Waals surface area contributed by atoms with Gasteiger partial charge in [-0.1, -0.05) is 35.3 Å². The third kappa shape index (κ3) is 4.48. The zero-order chi connectivity index (χ0) is 15.2. The highest BCUT2D eigenvalue weighted by Crippen LogP contribution is 2.25. The van der Waals surface area contributed by atoms with Crippen LogP contribution >= 0.6 is 23.2 Å². The molecule has 108 valence electrons. The summed E-state index contributed by atoms with van der Waals surface area (Å²) in [6.45, 7) is -0.0861. The monoisotopic (exact) mass is 322 g/mol. The quantitative estimate of drug-likeness (QED) is 0.842. The Kier molecular flexibility index (Phi) is 5.20. The minimum Gasteiger partial charge on any atom is -0.507 e. The lowest BCUT2D eigenvalue weighted by Gasteiger charge is -2.06. The number of halogens is 2. The summed E-state index contributed by atoms with van der Waals surface area (Å²) in [5.41, 5.74) is 0.984. The molecule has 0 aliphatic heterocycles. The summed E-state index contributed by atoms with van der Waals surface area (Å²) < 4.78 is 0. The highest BCUT2D eigenvalue weighted by molar-refractivity contribution is 6.35. The van der Waals surface area contributed by atoms with Gasteiger partial charge in [0.25, 0.3) is 0 Å². The topological polar surface area (TPSA) is 61.7 Å². The fourth-order valence-electron chi connectivity index (χ4n) is 1.61. The first-order chi connectivity index (χ1) is 10.1. The van der Waals surface area contributed by atoms with Crippen LogP contribution in [0.25, 0.3) is 0 Å². The number of hydrogen-bond donors (Lipinski definition) is 2. The van der Waals surface area contributed by atoms with Crippen LogP contribution in [-0.4, -0.2) is 23.8 Å². The molecule has 0 aliphatic carbocycles. The molecule has 0 heterocycles. The summed E-state index contributed by atoms with van der Waals surface area (Å²) >= 11 is 11.8. The van der Waals surface area contributed by atoms with Gasteiger partial charge in [0.2, 0.25) is 5.91 Å². The summed E-state index contributed by atoms with van der Waals surface area (Å²) in [5, 5.41) is 13.1. The van der Waals surface area contributed by atoms with E-state index in [1.165, 1.54) is 6.21 Å². The molecule has 6 heteroatoms. The molecule has 2 aromatic carbocycles. The predicted molar refractivity (Wildman–Crippen MR) is 85.7 cm³/mol. The van der Waals surface area contributed by atoms with Crippen LogP contribution < -0.4 is 5.32 Å². The second-order valence-electron chi connectivity index (χ2n) is 4.20. The van der Waals surface area contributed by atoms with Gasteiger partial charge in [-0.15, -0.1) is 0 Å². The van der Waals surface area contributed by atoms with E-state index in [1.807, 2.05) is 0 Å². The number of anilines is 1. The minimum absolute atomic E-state index is 0.0861. The van der Waals surface area contributed by atoms with Crippen LogP contribution in [0.2, 0.25) is 10.0 Å². The Balaban J connectivity index is 1.96. The van der Waals surface area contributed by atoms with Crippen molar-refractivity contribution in [3.8, 4) is 5.75 Å². The van der Waals surface area contributed by atoms with Crippen molar-refractivity contribution in [2.75, 3.05) is 11.9 Å². The predicted octanol–water partition coefficient (Wildman–Crippen LogP) is 3.76. The van der Waals surface area contributed by atoms with E-state index in [0.29, 0.717) is 21.3 Å². The van der Waals surface area contributed by atoms with Gasteiger partial charge in [-0.25, -0.2) is 0 Å². The van der Waals surface area contributed by atoms with E-state index in [0.717, 1.165) is 0 Å². The number of para-hydroxylation sites is 1. The van der Waals surface area contributed by atoms with Crippen molar-refractivity contribution < 1.29 is 9.90 Å². The molecule has 0 fully saturated rings. The molecule has 0 atom stereocenters. The van der Waals surface area contributed by atoms with Gasteiger partial charge in [0.15, 0.2) is 0 Å². The number of aromatic hydroxyl groups is 1. The Morgan fingerprint density at radius 3 is 2.76 bits per heavy atom. The van der Waals surface area contributed by atoms with Crippen LogP contribution in [0.1, 0.15) is 5.56 Å². The molecule has 0 radical (unpaired) electrons. The molecule has 2 aromatic rings. The lowest BCUT2D eigenvalue weighted by Crippen LogP contribution is -2.15. The van der Waals surface area contributed by atoms with E-state index < -0.39 is 0 Å². The summed E-state index contributed by atoms with van der Waals surface area (Å²) in [6, 6.07) is 11.5. The van der Waals surface area contributed by atoms with Crippen LogP contribution in [0.3, 0.4) is 0 Å². The number of amides is 1. The molecule has 0 saturated heterocycles. The van der Waals surface area contributed by atoms with Gasteiger partial charge in [0, 0.05) is 16.8 Å². The van der Waals surface area contributed by atoms with Gasteiger partial charge in [-0.3, -0.25) is 9.79 Å². The van der Waals surface area contributed by atoms with Crippen LogP contribution in [0, 0.1) is 0 Å². The number of hydrogen-bond acceptors (Lipinski definition) is 3. The number of phenolic OH excluding ortho intramolecular Hbond substituents is 1. The zero-order valence-corrected chi connectivity index (χ0v) is 12.4. The summed E-state index contributed by atoms with van der Waals surface area (Å²) in [5.74, 6) is -0.217. The van der Waals surface area contributed by atoms with Crippen LogP contribution in [0.4, 0.5) is 5.69 Å². The maximum Gasteiger partial charge on any atom is 0.246 e. The molecular formula is C15H12Cl2N2O2. The standard InChI is InChI=1S/C15H12Cl2N2O2/c16-11-5-6-12(17)13(7-11)19-15(21)9-18-8-10-3-1-2-4-14(10)20/h1-8,20H,9H2,(H,19,21). The molecule has 0 unspecified atom stereocenters. The van der Waals surface area contributed by atoms with E-state index in [1.54, 1.807) is 42.5 Å². The Bertz CT molecular complexity index is 687. The number of aliphatic imine (C=N–C) groups is 1. The van der Waals surface area contributed by atoms with Crippen LogP contribution in [0.5, 0.6) is 5.75 Å². The van der Waals surface area contributed by atoms with Crippen molar-refractivity contribution in [3.05, 3.63) is 58.1 Å². The highest BCUT2D eigenvalue weighted by Gasteiger charge is 2.05. The SMILES string of the molecule is O=C(CN=Cc1ccccc1O)Nc1cc(Cl)ccc1Cl. The largest absolute Gasteiger partial charge is 0.507 e. The average Bonchev–Trinajstić information content (AvgIpc) is 2.45. The highest BCUT2D eigenvalue weighted by atomic mass is 35.5. The molecule has 4 nitrogen and oxygen atoms in total. The first-order valence-electron chi connectivity index (χ1n) is 6.09. The first kappa shape index (κ1) is 15.4. The van der Waals surface area contributed by atoms with Crippen molar-refractivity contribution in [1.29, 1.82) is 0 Å². The van der Waals surface area contributed by atoms with Crippen molar-refractivity contribution in [3.63, 3.8) is 0 Å². The third-order valence-corrected chi connectivity index (χ3v) is 3.17. The molecule has 0 bridgehead atoms. The molecule has 0 aromatic heterocycles. The number of carbonyl (C=O) groups excluding carboxylic acids is 1. The Labute approximate surface area is 132 Å². The molecule has 21 heavy (non-hydrogen) atoms.